The molecule has 0 saturated carbocycles. The van der Waals surface area contributed by atoms with Gasteiger partial charge < -0.3 is 10.0 Å². The number of likely N-dealkylation sites (tertiary alicyclic amines) is 2. The van der Waals surface area contributed by atoms with E-state index >= 15 is 0 Å². The summed E-state index contributed by atoms with van der Waals surface area (Å²) in [5.41, 5.74) is 0. The third-order valence-corrected chi connectivity index (χ3v) is 5.53. The van der Waals surface area contributed by atoms with Crippen LogP contribution in [0, 0.1) is 0 Å². The summed E-state index contributed by atoms with van der Waals surface area (Å²) in [6, 6.07) is 1.28. The maximum atomic E-state index is 12.5. The van der Waals surface area contributed by atoms with E-state index in [2.05, 4.69) is 18.7 Å². The van der Waals surface area contributed by atoms with Crippen LogP contribution >= 0.6 is 0 Å². The van der Waals surface area contributed by atoms with Gasteiger partial charge in [0.1, 0.15) is 0 Å². The molecular formula is C17H31N3O3. The van der Waals surface area contributed by atoms with Gasteiger partial charge in [-0.3, -0.25) is 19.4 Å². The molecule has 1 N–H and O–H groups in total. The highest BCUT2D eigenvalue weighted by Crippen LogP contribution is 2.24. The van der Waals surface area contributed by atoms with Crippen molar-refractivity contribution in [1.29, 1.82) is 0 Å². The number of carbonyl (C=O) groups excluding carboxylic acids is 1. The third-order valence-electron chi connectivity index (χ3n) is 5.53. The average Bonchev–Trinajstić information content (AvgIpc) is 2.84. The molecule has 2 aliphatic heterocycles. The van der Waals surface area contributed by atoms with Crippen molar-refractivity contribution in [1.82, 2.24) is 14.7 Å². The molecule has 2 rings (SSSR count). The highest BCUT2D eigenvalue weighted by Gasteiger charge is 2.32. The van der Waals surface area contributed by atoms with Crippen molar-refractivity contribution in [3.63, 3.8) is 0 Å². The second-order valence-electron chi connectivity index (χ2n) is 7.02. The Kier molecular flexibility index (Phi) is 6.41. The lowest BCUT2D eigenvalue weighted by atomic mass is 10.0. The minimum atomic E-state index is -0.776. The SMILES string of the molecule is CCN(CC(=O)O)C1CCN(C(=O)CN2C(C)CCC2C)CC1. The van der Waals surface area contributed by atoms with Gasteiger partial charge in [0.2, 0.25) is 5.91 Å². The first kappa shape index (κ1) is 18.2. The normalized spacial score (nSPS) is 26.9. The van der Waals surface area contributed by atoms with Gasteiger partial charge in [0.25, 0.3) is 0 Å². The Hall–Kier alpha value is -1.14. The van der Waals surface area contributed by atoms with Gasteiger partial charge in [-0.1, -0.05) is 6.92 Å². The molecule has 132 valence electrons. The van der Waals surface area contributed by atoms with Crippen molar-refractivity contribution in [2.24, 2.45) is 0 Å². The van der Waals surface area contributed by atoms with E-state index < -0.39 is 5.97 Å². The lowest BCUT2D eigenvalue weighted by Gasteiger charge is -2.38. The second kappa shape index (κ2) is 8.11. The van der Waals surface area contributed by atoms with Crippen molar-refractivity contribution in [2.45, 2.75) is 64.6 Å². The number of aliphatic carboxylic acids is 1. The smallest absolute Gasteiger partial charge is 0.317 e. The Labute approximate surface area is 139 Å². The van der Waals surface area contributed by atoms with E-state index in [1.165, 1.54) is 12.8 Å². The summed E-state index contributed by atoms with van der Waals surface area (Å²) in [5.74, 6) is -0.548. The maximum absolute atomic E-state index is 12.5. The van der Waals surface area contributed by atoms with Crippen LogP contribution in [-0.4, -0.2) is 82.5 Å². The molecule has 2 saturated heterocycles. The fourth-order valence-corrected chi connectivity index (χ4v) is 3.97. The molecule has 0 aromatic rings. The van der Waals surface area contributed by atoms with Crippen LogP contribution in [0.15, 0.2) is 0 Å². The number of piperidine rings is 1. The molecule has 2 aliphatic rings. The van der Waals surface area contributed by atoms with E-state index in [1.807, 2.05) is 16.7 Å². The summed E-state index contributed by atoms with van der Waals surface area (Å²) in [6.07, 6.45) is 4.10. The first-order valence-electron chi connectivity index (χ1n) is 8.91. The van der Waals surface area contributed by atoms with E-state index in [0.717, 1.165) is 32.5 Å². The van der Waals surface area contributed by atoms with E-state index in [9.17, 15) is 9.59 Å². The van der Waals surface area contributed by atoms with Gasteiger partial charge >= 0.3 is 5.97 Å². The van der Waals surface area contributed by atoms with Crippen LogP contribution in [0.25, 0.3) is 0 Å². The molecule has 23 heavy (non-hydrogen) atoms. The summed E-state index contributed by atoms with van der Waals surface area (Å²) in [4.78, 5) is 29.8. The minimum absolute atomic E-state index is 0.0952. The first-order chi connectivity index (χ1) is 10.9. The fraction of sp³-hybridized carbons (Fsp3) is 0.882. The molecule has 6 heteroatoms. The summed E-state index contributed by atoms with van der Waals surface area (Å²) in [6.45, 7) is 9.26. The number of hydrogen-bond donors (Lipinski definition) is 1. The Morgan fingerprint density at radius 2 is 1.65 bits per heavy atom. The van der Waals surface area contributed by atoms with Crippen molar-refractivity contribution < 1.29 is 14.7 Å². The van der Waals surface area contributed by atoms with Gasteiger partial charge in [-0.15, -0.1) is 0 Å². The topological polar surface area (TPSA) is 64.1 Å². The minimum Gasteiger partial charge on any atom is -0.480 e. The molecule has 2 heterocycles. The molecule has 0 aliphatic carbocycles. The standard InChI is InChI=1S/C17H31N3O3/c1-4-18(12-17(22)23)15-7-9-19(10-8-15)16(21)11-20-13(2)5-6-14(20)3/h13-15H,4-12H2,1-3H3,(H,22,23). The zero-order valence-electron chi connectivity index (χ0n) is 14.7. The quantitative estimate of drug-likeness (QED) is 0.796. The lowest BCUT2D eigenvalue weighted by molar-refractivity contribution is -0.140. The van der Waals surface area contributed by atoms with Crippen LogP contribution in [0.1, 0.15) is 46.5 Å². The highest BCUT2D eigenvalue weighted by molar-refractivity contribution is 5.78. The number of amides is 1. The van der Waals surface area contributed by atoms with Crippen LogP contribution < -0.4 is 0 Å². The van der Waals surface area contributed by atoms with Crippen molar-refractivity contribution in [3.05, 3.63) is 0 Å². The highest BCUT2D eigenvalue weighted by atomic mass is 16.4. The monoisotopic (exact) mass is 325 g/mol. The number of carboxylic acids is 1. The summed E-state index contributed by atoms with van der Waals surface area (Å²) in [7, 11) is 0. The molecule has 2 unspecified atom stereocenters. The summed E-state index contributed by atoms with van der Waals surface area (Å²) < 4.78 is 0. The van der Waals surface area contributed by atoms with Gasteiger partial charge in [0, 0.05) is 31.2 Å². The van der Waals surface area contributed by atoms with Crippen LogP contribution in [0.5, 0.6) is 0 Å². The number of carbonyl (C=O) groups is 2. The molecule has 2 atom stereocenters. The van der Waals surface area contributed by atoms with Gasteiger partial charge in [-0.25, -0.2) is 0 Å². The van der Waals surface area contributed by atoms with Crippen LogP contribution in [-0.2, 0) is 9.59 Å². The lowest BCUT2D eigenvalue weighted by Crippen LogP contribution is -2.50. The molecule has 1 amide bonds. The number of carboxylic acid groups (broad SMARTS) is 1. The first-order valence-corrected chi connectivity index (χ1v) is 8.91. The molecule has 0 spiro atoms. The van der Waals surface area contributed by atoms with Gasteiger partial charge in [-0.05, 0) is 46.1 Å². The van der Waals surface area contributed by atoms with E-state index in [1.54, 1.807) is 0 Å². The van der Waals surface area contributed by atoms with Gasteiger partial charge in [0.05, 0.1) is 13.1 Å². The molecule has 2 fully saturated rings. The van der Waals surface area contributed by atoms with Crippen molar-refractivity contribution in [3.8, 4) is 0 Å². The average molecular weight is 325 g/mol. The third kappa shape index (κ3) is 4.67. The fourth-order valence-electron chi connectivity index (χ4n) is 3.97. The predicted octanol–water partition coefficient (Wildman–Crippen LogP) is 1.26. The number of rotatable bonds is 6. The molecular weight excluding hydrogens is 294 g/mol. The zero-order valence-corrected chi connectivity index (χ0v) is 14.7. The van der Waals surface area contributed by atoms with Crippen molar-refractivity contribution in [2.75, 3.05) is 32.7 Å². The second-order valence-corrected chi connectivity index (χ2v) is 7.02. The molecule has 6 nitrogen and oxygen atoms in total. The Balaban J connectivity index is 1.81. The predicted molar refractivity (Wildman–Crippen MR) is 89.3 cm³/mol. The largest absolute Gasteiger partial charge is 0.480 e. The van der Waals surface area contributed by atoms with Gasteiger partial charge in [0.15, 0.2) is 0 Å². The number of nitrogens with zero attached hydrogens (tertiary/aromatic N) is 3. The van der Waals surface area contributed by atoms with E-state index in [-0.39, 0.29) is 18.5 Å². The Morgan fingerprint density at radius 1 is 1.09 bits per heavy atom. The van der Waals surface area contributed by atoms with Gasteiger partial charge in [-0.2, -0.15) is 0 Å². The summed E-state index contributed by atoms with van der Waals surface area (Å²) in [5, 5.41) is 8.98. The molecule has 0 aromatic heterocycles. The van der Waals surface area contributed by atoms with Crippen LogP contribution in [0.2, 0.25) is 0 Å². The molecule has 0 radical (unpaired) electrons. The van der Waals surface area contributed by atoms with Crippen LogP contribution in [0.3, 0.4) is 0 Å². The molecule has 0 aromatic carbocycles. The number of likely N-dealkylation sites (N-methyl/N-ethyl adjacent to an activating group) is 1. The maximum Gasteiger partial charge on any atom is 0.317 e. The van der Waals surface area contributed by atoms with E-state index in [4.69, 9.17) is 5.11 Å². The molecule has 0 bridgehead atoms. The Bertz CT molecular complexity index is 411. The zero-order chi connectivity index (χ0) is 17.0. The number of hydrogen-bond acceptors (Lipinski definition) is 4. The van der Waals surface area contributed by atoms with E-state index in [0.29, 0.717) is 18.6 Å². The Morgan fingerprint density at radius 3 is 2.13 bits per heavy atom. The van der Waals surface area contributed by atoms with Crippen molar-refractivity contribution >= 4 is 11.9 Å². The van der Waals surface area contributed by atoms with Crippen LogP contribution in [0.4, 0.5) is 0 Å². The summed E-state index contributed by atoms with van der Waals surface area (Å²) >= 11 is 0.